The molecule has 11 heteroatoms. The topological polar surface area (TPSA) is 110 Å². The highest BCUT2D eigenvalue weighted by molar-refractivity contribution is 5.99. The van der Waals surface area contributed by atoms with Gasteiger partial charge >= 0.3 is 6.18 Å². The molecule has 0 bridgehead atoms. The zero-order valence-corrected chi connectivity index (χ0v) is 21.0. The molecule has 39 heavy (non-hydrogen) atoms. The molecule has 200 valence electrons. The number of ether oxygens (including phenoxy) is 1. The molecule has 1 aliphatic heterocycles. The zero-order valence-electron chi connectivity index (χ0n) is 21.0. The van der Waals surface area contributed by atoms with Crippen molar-refractivity contribution in [2.45, 2.75) is 32.6 Å². The number of alkyl halides is 3. The summed E-state index contributed by atoms with van der Waals surface area (Å²) in [6.45, 7) is 3.46. The summed E-state index contributed by atoms with van der Waals surface area (Å²) >= 11 is 0. The second-order valence-electron chi connectivity index (χ2n) is 9.34. The van der Waals surface area contributed by atoms with Crippen molar-refractivity contribution in [2.24, 2.45) is 0 Å². The number of nitrogen functional groups attached to an aromatic ring is 1. The number of aromatic nitrogens is 2. The lowest BCUT2D eigenvalue weighted by Gasteiger charge is -2.30. The SMILES string of the molecule is Cc1cc2cc(C(=O)N(Cc3ccc(C(F)(F)F)cn3)[C@H](C)c3ccc4c(c3)NC(=O)CO4)ccc2nc1N. The highest BCUT2D eigenvalue weighted by Gasteiger charge is 2.31. The van der Waals surface area contributed by atoms with Crippen molar-refractivity contribution >= 4 is 34.2 Å². The molecule has 0 unspecified atom stereocenters. The monoisotopic (exact) mass is 535 g/mol. The number of benzene rings is 2. The molecule has 0 radical (unpaired) electrons. The predicted octanol–water partition coefficient (Wildman–Crippen LogP) is 5.27. The minimum Gasteiger partial charge on any atom is -0.482 e. The van der Waals surface area contributed by atoms with Crippen molar-refractivity contribution in [3.8, 4) is 5.75 Å². The minimum absolute atomic E-state index is 0.0604. The molecular weight excluding hydrogens is 511 g/mol. The number of rotatable bonds is 5. The number of nitrogens with zero attached hydrogens (tertiary/aromatic N) is 3. The van der Waals surface area contributed by atoms with Crippen LogP contribution in [0.3, 0.4) is 0 Å². The van der Waals surface area contributed by atoms with Gasteiger partial charge in [-0.2, -0.15) is 13.2 Å². The Morgan fingerprint density at radius 3 is 2.67 bits per heavy atom. The molecule has 8 nitrogen and oxygen atoms in total. The number of fused-ring (bicyclic) bond motifs is 2. The number of pyridine rings is 2. The zero-order chi connectivity index (χ0) is 27.9. The molecule has 5 rings (SSSR count). The lowest BCUT2D eigenvalue weighted by Crippen LogP contribution is -2.34. The molecule has 1 atom stereocenters. The van der Waals surface area contributed by atoms with E-state index in [9.17, 15) is 22.8 Å². The lowest BCUT2D eigenvalue weighted by molar-refractivity contribution is -0.137. The van der Waals surface area contributed by atoms with Crippen LogP contribution in [0.15, 0.2) is 60.8 Å². The van der Waals surface area contributed by atoms with Crippen LogP contribution in [0.2, 0.25) is 0 Å². The first-order chi connectivity index (χ1) is 18.5. The molecule has 0 spiro atoms. The van der Waals surface area contributed by atoms with Crippen molar-refractivity contribution < 1.29 is 27.5 Å². The van der Waals surface area contributed by atoms with E-state index in [-0.39, 0.29) is 30.7 Å². The first kappa shape index (κ1) is 26.0. The van der Waals surface area contributed by atoms with Gasteiger partial charge < -0.3 is 20.7 Å². The van der Waals surface area contributed by atoms with Crippen LogP contribution in [0, 0.1) is 6.92 Å². The van der Waals surface area contributed by atoms with Crippen molar-refractivity contribution in [1.82, 2.24) is 14.9 Å². The molecule has 0 aliphatic carbocycles. The van der Waals surface area contributed by atoms with E-state index in [0.29, 0.717) is 33.9 Å². The van der Waals surface area contributed by atoms with Crippen LogP contribution in [-0.2, 0) is 17.5 Å². The van der Waals surface area contributed by atoms with Gasteiger partial charge in [-0.15, -0.1) is 0 Å². The average Bonchev–Trinajstić information content (AvgIpc) is 2.90. The molecule has 0 saturated carbocycles. The summed E-state index contributed by atoms with van der Waals surface area (Å²) in [5, 5.41) is 3.48. The number of nitrogens with one attached hydrogen (secondary N) is 1. The van der Waals surface area contributed by atoms with E-state index < -0.39 is 17.8 Å². The average molecular weight is 536 g/mol. The predicted molar refractivity (Wildman–Crippen MR) is 139 cm³/mol. The minimum atomic E-state index is -4.52. The number of amides is 2. The molecule has 2 aromatic heterocycles. The molecule has 3 heterocycles. The van der Waals surface area contributed by atoms with Gasteiger partial charge in [-0.05, 0) is 73.5 Å². The highest BCUT2D eigenvalue weighted by atomic mass is 19.4. The Hall–Kier alpha value is -4.67. The second-order valence-corrected chi connectivity index (χ2v) is 9.34. The van der Waals surface area contributed by atoms with Gasteiger partial charge in [0.05, 0.1) is 35.0 Å². The fourth-order valence-corrected chi connectivity index (χ4v) is 4.38. The molecule has 4 aromatic rings. The van der Waals surface area contributed by atoms with Crippen molar-refractivity contribution in [3.05, 3.63) is 88.7 Å². The van der Waals surface area contributed by atoms with E-state index in [0.717, 1.165) is 23.2 Å². The van der Waals surface area contributed by atoms with E-state index >= 15 is 0 Å². The number of carbonyl (C=O) groups is 2. The number of hydrogen-bond acceptors (Lipinski definition) is 6. The Bertz CT molecular complexity index is 1590. The van der Waals surface area contributed by atoms with Crippen LogP contribution >= 0.6 is 0 Å². The number of anilines is 2. The summed E-state index contributed by atoms with van der Waals surface area (Å²) < 4.78 is 44.6. The van der Waals surface area contributed by atoms with Crippen LogP contribution in [0.1, 0.15) is 45.7 Å². The summed E-state index contributed by atoms with van der Waals surface area (Å²) in [5.74, 6) is 0.242. The third-order valence-electron chi connectivity index (χ3n) is 6.62. The van der Waals surface area contributed by atoms with E-state index in [2.05, 4.69) is 15.3 Å². The molecule has 2 aromatic carbocycles. The first-order valence-corrected chi connectivity index (χ1v) is 12.1. The van der Waals surface area contributed by atoms with E-state index in [1.54, 1.807) is 43.3 Å². The van der Waals surface area contributed by atoms with Gasteiger partial charge in [0.15, 0.2) is 6.61 Å². The maximum Gasteiger partial charge on any atom is 0.417 e. The number of hydrogen-bond donors (Lipinski definition) is 2. The molecule has 2 amide bonds. The van der Waals surface area contributed by atoms with Crippen LogP contribution in [0.5, 0.6) is 5.75 Å². The molecule has 0 fully saturated rings. The molecular formula is C28H24F3N5O3. The highest BCUT2D eigenvalue weighted by Crippen LogP contribution is 2.34. The summed E-state index contributed by atoms with van der Waals surface area (Å²) in [6, 6.07) is 13.7. The van der Waals surface area contributed by atoms with Gasteiger partial charge in [-0.1, -0.05) is 6.07 Å². The van der Waals surface area contributed by atoms with E-state index in [1.807, 2.05) is 13.0 Å². The summed E-state index contributed by atoms with van der Waals surface area (Å²) in [6.07, 6.45) is -3.77. The van der Waals surface area contributed by atoms with Crippen LogP contribution in [0.25, 0.3) is 10.9 Å². The quantitative estimate of drug-likeness (QED) is 0.360. The van der Waals surface area contributed by atoms with Gasteiger partial charge in [0.25, 0.3) is 11.8 Å². The normalized spacial score (nSPS) is 13.8. The Morgan fingerprint density at radius 1 is 1.15 bits per heavy atom. The van der Waals surface area contributed by atoms with Crippen LogP contribution < -0.4 is 15.8 Å². The third kappa shape index (κ3) is 5.33. The van der Waals surface area contributed by atoms with Gasteiger partial charge in [0.2, 0.25) is 0 Å². The summed E-state index contributed by atoms with van der Waals surface area (Å²) in [7, 11) is 0. The molecule has 0 saturated heterocycles. The number of carbonyl (C=O) groups excluding carboxylic acids is 2. The Labute approximate surface area is 221 Å². The van der Waals surface area contributed by atoms with E-state index in [4.69, 9.17) is 10.5 Å². The maximum absolute atomic E-state index is 13.9. The Balaban J connectivity index is 1.52. The van der Waals surface area contributed by atoms with Crippen molar-refractivity contribution in [3.63, 3.8) is 0 Å². The van der Waals surface area contributed by atoms with E-state index in [1.165, 1.54) is 11.0 Å². The smallest absolute Gasteiger partial charge is 0.417 e. The van der Waals surface area contributed by atoms with Crippen LogP contribution in [-0.4, -0.2) is 33.3 Å². The summed E-state index contributed by atoms with van der Waals surface area (Å²) in [5.41, 5.74) is 8.24. The Morgan fingerprint density at radius 2 is 1.95 bits per heavy atom. The third-order valence-corrected chi connectivity index (χ3v) is 6.62. The standard InChI is InChI=1S/C28H24F3N5O3/c1-15-9-19-10-18(3-7-22(19)35-26(15)32)27(38)36(13-21-6-5-20(12-33-21)28(29,30)31)16(2)17-4-8-24-23(11-17)34-25(37)14-39-24/h3-12,16H,13-14H2,1-2H3,(H2,32,35)(H,34,37)/t16-/m1/s1. The van der Waals surface area contributed by atoms with Gasteiger partial charge in [0.1, 0.15) is 11.6 Å². The van der Waals surface area contributed by atoms with Crippen LogP contribution in [0.4, 0.5) is 24.7 Å². The number of halogens is 3. The Kier molecular flexibility index (Phi) is 6.59. The van der Waals surface area contributed by atoms with Gasteiger partial charge in [-0.3, -0.25) is 14.6 Å². The fraction of sp³-hybridized carbons (Fsp3) is 0.214. The fourth-order valence-electron chi connectivity index (χ4n) is 4.38. The molecule has 1 aliphatic rings. The summed E-state index contributed by atoms with van der Waals surface area (Å²) in [4.78, 5) is 35.6. The maximum atomic E-state index is 13.9. The number of aryl methyl sites for hydroxylation is 1. The van der Waals surface area contributed by atoms with Gasteiger partial charge in [0, 0.05) is 17.1 Å². The van der Waals surface area contributed by atoms with Crippen molar-refractivity contribution in [2.75, 3.05) is 17.7 Å². The van der Waals surface area contributed by atoms with Crippen molar-refractivity contribution in [1.29, 1.82) is 0 Å². The largest absolute Gasteiger partial charge is 0.482 e. The lowest BCUT2D eigenvalue weighted by atomic mass is 10.0. The second kappa shape index (κ2) is 9.90. The number of nitrogens with two attached hydrogens (primary N) is 1. The first-order valence-electron chi connectivity index (χ1n) is 12.1. The molecule has 3 N–H and O–H groups in total. The van der Waals surface area contributed by atoms with Gasteiger partial charge in [-0.25, -0.2) is 4.98 Å².